The van der Waals surface area contributed by atoms with Gasteiger partial charge in [-0.2, -0.15) is 0 Å². The molecule has 0 aromatic heterocycles. The number of fused-ring (bicyclic) bond motifs is 1. The molecule has 7 heteroatoms. The Morgan fingerprint density at radius 1 is 1.04 bits per heavy atom. The molecule has 1 heterocycles. The molecule has 0 saturated heterocycles. The van der Waals surface area contributed by atoms with E-state index in [1.165, 1.54) is 0 Å². The monoisotopic (exact) mass is 360 g/mol. The maximum atomic E-state index is 12.0. The molecule has 0 unspecified atom stereocenters. The van der Waals surface area contributed by atoms with Crippen LogP contribution in [0, 0.1) is 0 Å². The van der Waals surface area contributed by atoms with Crippen LogP contribution in [0.5, 0.6) is 11.5 Å². The number of amides is 2. The van der Waals surface area contributed by atoms with Gasteiger partial charge in [0, 0.05) is 6.54 Å². The molecule has 0 spiro atoms. The van der Waals surface area contributed by atoms with Crippen LogP contribution >= 0.6 is 11.6 Å². The van der Waals surface area contributed by atoms with E-state index in [0.717, 1.165) is 17.1 Å². The highest BCUT2D eigenvalue weighted by molar-refractivity contribution is 6.33. The van der Waals surface area contributed by atoms with E-state index in [1.807, 2.05) is 18.2 Å². The molecule has 0 fully saturated rings. The molecule has 2 aromatic rings. The standard InChI is InChI=1S/C18H17ClN2O4/c19-14-4-2-1-3-13(14)18(23)21-10-17(22)20-8-7-12-5-6-15-16(9-12)25-11-24-15/h1-6,9H,7-8,10-11H2,(H,20,22)(H,21,23). The summed E-state index contributed by atoms with van der Waals surface area (Å²) in [6, 6.07) is 12.4. The minimum absolute atomic E-state index is 0.106. The summed E-state index contributed by atoms with van der Waals surface area (Å²) in [6.45, 7) is 0.590. The number of benzene rings is 2. The van der Waals surface area contributed by atoms with Crippen molar-refractivity contribution in [3.05, 3.63) is 58.6 Å². The summed E-state index contributed by atoms with van der Waals surface area (Å²) in [4.78, 5) is 23.8. The van der Waals surface area contributed by atoms with E-state index in [0.29, 0.717) is 23.6 Å². The second kappa shape index (κ2) is 7.90. The van der Waals surface area contributed by atoms with Gasteiger partial charge in [-0.1, -0.05) is 29.8 Å². The number of hydrogen-bond acceptors (Lipinski definition) is 4. The molecule has 0 aliphatic carbocycles. The van der Waals surface area contributed by atoms with Crippen LogP contribution in [0.3, 0.4) is 0 Å². The Labute approximate surface area is 150 Å². The number of rotatable bonds is 6. The zero-order valence-electron chi connectivity index (χ0n) is 13.4. The minimum Gasteiger partial charge on any atom is -0.454 e. The van der Waals surface area contributed by atoms with Gasteiger partial charge in [0.1, 0.15) is 0 Å². The van der Waals surface area contributed by atoms with Crippen LogP contribution in [-0.4, -0.2) is 31.7 Å². The summed E-state index contributed by atoms with van der Waals surface area (Å²) < 4.78 is 10.6. The molecule has 130 valence electrons. The fourth-order valence-electron chi connectivity index (χ4n) is 2.41. The van der Waals surface area contributed by atoms with E-state index >= 15 is 0 Å². The Kier molecular flexibility index (Phi) is 5.40. The molecule has 0 bridgehead atoms. The summed E-state index contributed by atoms with van der Waals surface area (Å²) in [6.07, 6.45) is 0.654. The van der Waals surface area contributed by atoms with Crippen LogP contribution in [0.25, 0.3) is 0 Å². The zero-order valence-corrected chi connectivity index (χ0v) is 14.1. The molecule has 0 saturated carbocycles. The topological polar surface area (TPSA) is 76.7 Å². The summed E-state index contributed by atoms with van der Waals surface area (Å²) in [5, 5.41) is 5.66. The third kappa shape index (κ3) is 4.42. The van der Waals surface area contributed by atoms with Gasteiger partial charge < -0.3 is 20.1 Å². The first kappa shape index (κ1) is 17.1. The lowest BCUT2D eigenvalue weighted by Gasteiger charge is -2.08. The predicted octanol–water partition coefficient (Wildman–Crippen LogP) is 2.16. The summed E-state index contributed by atoms with van der Waals surface area (Å²) in [5.74, 6) is 0.809. The quantitative estimate of drug-likeness (QED) is 0.827. The third-order valence-corrected chi connectivity index (χ3v) is 4.03. The summed E-state index contributed by atoms with van der Waals surface area (Å²) in [7, 11) is 0. The van der Waals surface area contributed by atoms with Gasteiger partial charge in [-0.25, -0.2) is 0 Å². The van der Waals surface area contributed by atoms with E-state index in [9.17, 15) is 9.59 Å². The molecule has 2 aromatic carbocycles. The molecule has 0 radical (unpaired) electrons. The van der Waals surface area contributed by atoms with Crippen molar-refractivity contribution in [2.24, 2.45) is 0 Å². The van der Waals surface area contributed by atoms with Crippen LogP contribution < -0.4 is 20.1 Å². The average molecular weight is 361 g/mol. The first-order chi connectivity index (χ1) is 12.1. The van der Waals surface area contributed by atoms with E-state index < -0.39 is 0 Å². The minimum atomic E-state index is -0.378. The van der Waals surface area contributed by atoms with Crippen molar-refractivity contribution in [3.8, 4) is 11.5 Å². The highest BCUT2D eigenvalue weighted by Crippen LogP contribution is 2.32. The largest absolute Gasteiger partial charge is 0.454 e. The van der Waals surface area contributed by atoms with Gasteiger partial charge in [-0.05, 0) is 36.2 Å². The third-order valence-electron chi connectivity index (χ3n) is 3.70. The highest BCUT2D eigenvalue weighted by Gasteiger charge is 2.13. The Morgan fingerprint density at radius 3 is 2.68 bits per heavy atom. The number of nitrogens with one attached hydrogen (secondary N) is 2. The van der Waals surface area contributed by atoms with Crippen LogP contribution in [0.15, 0.2) is 42.5 Å². The van der Waals surface area contributed by atoms with Crippen molar-refractivity contribution >= 4 is 23.4 Å². The molecule has 2 N–H and O–H groups in total. The number of carbonyl (C=O) groups is 2. The molecule has 1 aliphatic rings. The highest BCUT2D eigenvalue weighted by atomic mass is 35.5. The number of ether oxygens (including phenoxy) is 2. The number of carbonyl (C=O) groups excluding carboxylic acids is 2. The Bertz CT molecular complexity index is 794. The van der Waals surface area contributed by atoms with Crippen molar-refractivity contribution in [1.29, 1.82) is 0 Å². The van der Waals surface area contributed by atoms with Gasteiger partial charge in [0.15, 0.2) is 11.5 Å². The lowest BCUT2D eigenvalue weighted by Crippen LogP contribution is -2.37. The van der Waals surface area contributed by atoms with E-state index in [-0.39, 0.29) is 25.2 Å². The molecule has 6 nitrogen and oxygen atoms in total. The van der Waals surface area contributed by atoms with Crippen molar-refractivity contribution in [1.82, 2.24) is 10.6 Å². The Hall–Kier alpha value is -2.73. The van der Waals surface area contributed by atoms with Gasteiger partial charge in [-0.15, -0.1) is 0 Å². The van der Waals surface area contributed by atoms with Crippen molar-refractivity contribution in [2.45, 2.75) is 6.42 Å². The lowest BCUT2D eigenvalue weighted by atomic mass is 10.1. The van der Waals surface area contributed by atoms with Gasteiger partial charge in [-0.3, -0.25) is 9.59 Å². The Balaban J connectivity index is 1.41. The van der Waals surface area contributed by atoms with Gasteiger partial charge >= 0.3 is 0 Å². The van der Waals surface area contributed by atoms with Crippen LogP contribution in [0.1, 0.15) is 15.9 Å². The molecule has 2 amide bonds. The number of halogens is 1. The smallest absolute Gasteiger partial charge is 0.253 e. The van der Waals surface area contributed by atoms with E-state index in [4.69, 9.17) is 21.1 Å². The van der Waals surface area contributed by atoms with Gasteiger partial charge in [0.2, 0.25) is 12.7 Å². The molecule has 25 heavy (non-hydrogen) atoms. The Morgan fingerprint density at radius 2 is 1.84 bits per heavy atom. The SMILES string of the molecule is O=C(CNC(=O)c1ccccc1Cl)NCCc1ccc2c(c1)OCO2. The second-order valence-electron chi connectivity index (χ2n) is 5.45. The fourth-order valence-corrected chi connectivity index (χ4v) is 2.63. The maximum absolute atomic E-state index is 12.0. The lowest BCUT2D eigenvalue weighted by molar-refractivity contribution is -0.120. The van der Waals surface area contributed by atoms with Crippen LogP contribution in [0.2, 0.25) is 5.02 Å². The molecular weight excluding hydrogens is 344 g/mol. The normalized spacial score (nSPS) is 11.9. The van der Waals surface area contributed by atoms with Crippen LogP contribution in [0.4, 0.5) is 0 Å². The van der Waals surface area contributed by atoms with E-state index in [2.05, 4.69) is 10.6 Å². The van der Waals surface area contributed by atoms with Crippen molar-refractivity contribution in [3.63, 3.8) is 0 Å². The molecule has 3 rings (SSSR count). The summed E-state index contributed by atoms with van der Waals surface area (Å²) in [5.41, 5.74) is 1.38. The first-order valence-electron chi connectivity index (χ1n) is 7.81. The summed E-state index contributed by atoms with van der Waals surface area (Å²) >= 11 is 5.95. The van der Waals surface area contributed by atoms with E-state index in [1.54, 1.807) is 24.3 Å². The van der Waals surface area contributed by atoms with Crippen molar-refractivity contribution < 1.29 is 19.1 Å². The van der Waals surface area contributed by atoms with Crippen molar-refractivity contribution in [2.75, 3.05) is 19.9 Å². The van der Waals surface area contributed by atoms with Gasteiger partial charge in [0.25, 0.3) is 5.91 Å². The number of hydrogen-bond donors (Lipinski definition) is 2. The molecule has 1 aliphatic heterocycles. The molecule has 0 atom stereocenters. The fraction of sp³-hybridized carbons (Fsp3) is 0.222. The van der Waals surface area contributed by atoms with Gasteiger partial charge in [0.05, 0.1) is 17.1 Å². The molecular formula is C18H17ClN2O4. The average Bonchev–Trinajstić information content (AvgIpc) is 3.08. The predicted molar refractivity (Wildman–Crippen MR) is 93.1 cm³/mol. The first-order valence-corrected chi connectivity index (χ1v) is 8.19. The zero-order chi connectivity index (χ0) is 17.6. The maximum Gasteiger partial charge on any atom is 0.253 e. The van der Waals surface area contributed by atoms with Crippen LogP contribution in [-0.2, 0) is 11.2 Å². The second-order valence-corrected chi connectivity index (χ2v) is 5.86.